The number of amides is 1. The first-order valence-corrected chi connectivity index (χ1v) is 7.99. The summed E-state index contributed by atoms with van der Waals surface area (Å²) in [7, 11) is 0. The highest BCUT2D eigenvalue weighted by Crippen LogP contribution is 2.18. The van der Waals surface area contributed by atoms with E-state index in [2.05, 4.69) is 20.8 Å². The largest absolute Gasteiger partial charge is 0.355 e. The summed E-state index contributed by atoms with van der Waals surface area (Å²) in [6.45, 7) is 4.64. The van der Waals surface area contributed by atoms with Crippen molar-refractivity contribution in [1.82, 2.24) is 25.5 Å². The molecule has 1 aromatic carbocycles. The van der Waals surface area contributed by atoms with Crippen molar-refractivity contribution in [2.24, 2.45) is 0 Å². The van der Waals surface area contributed by atoms with E-state index >= 15 is 0 Å². The Morgan fingerprint density at radius 2 is 2.14 bits per heavy atom. The van der Waals surface area contributed by atoms with Gasteiger partial charge in [0.15, 0.2) is 5.82 Å². The van der Waals surface area contributed by atoms with Gasteiger partial charge in [0.2, 0.25) is 5.91 Å². The molecule has 0 saturated heterocycles. The fourth-order valence-corrected chi connectivity index (χ4v) is 2.55. The van der Waals surface area contributed by atoms with Crippen molar-refractivity contribution < 1.29 is 4.79 Å². The fraction of sp³-hybridized carbons (Fsp3) is 0.429. The number of aromatic nitrogens is 4. The summed E-state index contributed by atoms with van der Waals surface area (Å²) >= 11 is 1.53. The molecule has 0 aliphatic carbocycles. The average molecular weight is 305 g/mol. The van der Waals surface area contributed by atoms with Crippen molar-refractivity contribution in [1.29, 1.82) is 0 Å². The SMILES string of the molecule is CCCNC(=O)[C@H](C)SCc1nnnn1-c1ccccc1. The topological polar surface area (TPSA) is 72.7 Å². The third-order valence-electron chi connectivity index (χ3n) is 2.92. The van der Waals surface area contributed by atoms with Gasteiger partial charge in [-0.2, -0.15) is 4.68 Å². The molecule has 0 spiro atoms. The smallest absolute Gasteiger partial charge is 0.232 e. The van der Waals surface area contributed by atoms with Crippen molar-refractivity contribution >= 4 is 17.7 Å². The number of benzene rings is 1. The number of nitrogens with one attached hydrogen (secondary N) is 1. The van der Waals surface area contributed by atoms with Crippen molar-refractivity contribution in [3.8, 4) is 5.69 Å². The number of hydrogen-bond acceptors (Lipinski definition) is 5. The van der Waals surface area contributed by atoms with Crippen molar-refractivity contribution in [2.75, 3.05) is 6.54 Å². The van der Waals surface area contributed by atoms with Crippen LogP contribution in [0.4, 0.5) is 0 Å². The molecule has 1 atom stereocenters. The molecule has 112 valence electrons. The quantitative estimate of drug-likeness (QED) is 0.844. The summed E-state index contributed by atoms with van der Waals surface area (Å²) in [6.07, 6.45) is 0.940. The monoisotopic (exact) mass is 305 g/mol. The van der Waals surface area contributed by atoms with E-state index in [0.29, 0.717) is 12.3 Å². The maximum Gasteiger partial charge on any atom is 0.232 e. The standard InChI is InChI=1S/C14H19N5OS/c1-3-9-15-14(20)11(2)21-10-13-16-17-18-19(13)12-7-5-4-6-8-12/h4-8,11H,3,9-10H2,1-2H3,(H,15,20)/t11-/m0/s1. The second-order valence-corrected chi connectivity index (χ2v) is 5.92. The van der Waals surface area contributed by atoms with Crippen molar-refractivity contribution in [3.63, 3.8) is 0 Å². The Morgan fingerprint density at radius 3 is 2.86 bits per heavy atom. The summed E-state index contributed by atoms with van der Waals surface area (Å²) in [5.74, 6) is 1.38. The molecule has 0 aliphatic heterocycles. The minimum Gasteiger partial charge on any atom is -0.355 e. The van der Waals surface area contributed by atoms with E-state index in [-0.39, 0.29) is 11.2 Å². The number of carbonyl (C=O) groups excluding carboxylic acids is 1. The van der Waals surface area contributed by atoms with E-state index in [4.69, 9.17) is 0 Å². The number of para-hydroxylation sites is 1. The summed E-state index contributed by atoms with van der Waals surface area (Å²) in [6, 6.07) is 9.72. The van der Waals surface area contributed by atoms with Crippen LogP contribution in [0.2, 0.25) is 0 Å². The van der Waals surface area contributed by atoms with Gasteiger partial charge >= 0.3 is 0 Å². The van der Waals surface area contributed by atoms with Crippen molar-refractivity contribution in [3.05, 3.63) is 36.2 Å². The van der Waals surface area contributed by atoms with Crippen LogP contribution in [0.1, 0.15) is 26.1 Å². The van der Waals surface area contributed by atoms with Crippen LogP contribution in [-0.2, 0) is 10.5 Å². The predicted octanol–water partition coefficient (Wildman–Crippen LogP) is 1.81. The van der Waals surface area contributed by atoms with Gasteiger partial charge in [0.1, 0.15) is 0 Å². The molecule has 6 nitrogen and oxygen atoms in total. The molecule has 0 fully saturated rings. The number of carbonyl (C=O) groups is 1. The number of thioether (sulfide) groups is 1. The molecule has 21 heavy (non-hydrogen) atoms. The zero-order chi connectivity index (χ0) is 15.1. The highest BCUT2D eigenvalue weighted by Gasteiger charge is 2.15. The lowest BCUT2D eigenvalue weighted by molar-refractivity contribution is -0.120. The second-order valence-electron chi connectivity index (χ2n) is 4.59. The van der Waals surface area contributed by atoms with Crippen LogP contribution in [-0.4, -0.2) is 37.9 Å². The minimum atomic E-state index is -0.127. The van der Waals surface area contributed by atoms with Crippen LogP contribution in [0.3, 0.4) is 0 Å². The summed E-state index contributed by atoms with van der Waals surface area (Å²) < 4.78 is 1.70. The molecule has 1 aromatic heterocycles. The van der Waals surface area contributed by atoms with E-state index in [1.54, 1.807) is 4.68 Å². The molecule has 0 aliphatic rings. The van der Waals surface area contributed by atoms with Gasteiger partial charge in [0.05, 0.1) is 16.7 Å². The van der Waals surface area contributed by atoms with Gasteiger partial charge in [0, 0.05) is 6.54 Å². The molecule has 0 unspecified atom stereocenters. The first-order chi connectivity index (χ1) is 10.2. The summed E-state index contributed by atoms with van der Waals surface area (Å²) in [5, 5.41) is 14.5. The molecular weight excluding hydrogens is 286 g/mol. The van der Waals surface area contributed by atoms with Crippen LogP contribution < -0.4 is 5.32 Å². The number of rotatable bonds is 7. The molecular formula is C14H19N5OS. The molecule has 0 saturated carbocycles. The summed E-state index contributed by atoms with van der Waals surface area (Å²) in [5.41, 5.74) is 0.918. The molecule has 1 heterocycles. The van der Waals surface area contributed by atoms with Crippen LogP contribution in [0.15, 0.2) is 30.3 Å². The maximum atomic E-state index is 11.8. The van der Waals surface area contributed by atoms with E-state index in [0.717, 1.165) is 17.9 Å². The Hall–Kier alpha value is -1.89. The second kappa shape index (κ2) is 7.78. The molecule has 7 heteroatoms. The Morgan fingerprint density at radius 1 is 1.38 bits per heavy atom. The fourth-order valence-electron chi connectivity index (χ4n) is 1.73. The van der Waals surface area contributed by atoms with Crippen LogP contribution in [0, 0.1) is 0 Å². The van der Waals surface area contributed by atoms with Crippen molar-refractivity contribution in [2.45, 2.75) is 31.3 Å². The lowest BCUT2D eigenvalue weighted by atomic mass is 10.3. The normalized spacial score (nSPS) is 12.1. The van der Waals surface area contributed by atoms with Crippen LogP contribution in [0.25, 0.3) is 5.69 Å². The molecule has 2 rings (SSSR count). The van der Waals surface area contributed by atoms with Gasteiger partial charge in [-0.3, -0.25) is 4.79 Å². The molecule has 0 bridgehead atoms. The maximum absolute atomic E-state index is 11.8. The van der Waals surface area contributed by atoms with Gasteiger partial charge in [-0.15, -0.1) is 16.9 Å². The minimum absolute atomic E-state index is 0.0561. The Bertz CT molecular complexity index is 572. The zero-order valence-electron chi connectivity index (χ0n) is 12.2. The first-order valence-electron chi connectivity index (χ1n) is 6.94. The zero-order valence-corrected chi connectivity index (χ0v) is 13.0. The third kappa shape index (κ3) is 4.29. The van der Waals surface area contributed by atoms with Gasteiger partial charge in [-0.05, 0) is 35.9 Å². The lowest BCUT2D eigenvalue weighted by Gasteiger charge is -2.11. The van der Waals surface area contributed by atoms with E-state index < -0.39 is 0 Å². The highest BCUT2D eigenvalue weighted by molar-refractivity contribution is 7.99. The lowest BCUT2D eigenvalue weighted by Crippen LogP contribution is -2.31. The van der Waals surface area contributed by atoms with Gasteiger partial charge in [-0.1, -0.05) is 25.1 Å². The highest BCUT2D eigenvalue weighted by atomic mass is 32.2. The number of nitrogens with zero attached hydrogens (tertiary/aromatic N) is 4. The summed E-state index contributed by atoms with van der Waals surface area (Å²) in [4.78, 5) is 11.8. The third-order valence-corrected chi connectivity index (χ3v) is 4.05. The van der Waals surface area contributed by atoms with Gasteiger partial charge in [0.25, 0.3) is 0 Å². The first kappa shape index (κ1) is 15.5. The average Bonchev–Trinajstić information content (AvgIpc) is 2.99. The molecule has 2 aromatic rings. The molecule has 1 amide bonds. The number of tetrazole rings is 1. The Kier molecular flexibility index (Phi) is 5.74. The predicted molar refractivity (Wildman–Crippen MR) is 83.2 cm³/mol. The Balaban J connectivity index is 1.96. The van der Waals surface area contributed by atoms with Gasteiger partial charge in [-0.25, -0.2) is 0 Å². The molecule has 0 radical (unpaired) electrons. The molecule has 1 N–H and O–H groups in total. The van der Waals surface area contributed by atoms with Crippen LogP contribution in [0.5, 0.6) is 0 Å². The van der Waals surface area contributed by atoms with Gasteiger partial charge < -0.3 is 5.32 Å². The van der Waals surface area contributed by atoms with E-state index in [1.807, 2.05) is 44.2 Å². The van der Waals surface area contributed by atoms with E-state index in [9.17, 15) is 4.79 Å². The van der Waals surface area contributed by atoms with Crippen LogP contribution >= 0.6 is 11.8 Å². The Labute approximate surface area is 128 Å². The van der Waals surface area contributed by atoms with E-state index in [1.165, 1.54) is 11.8 Å². The number of hydrogen-bond donors (Lipinski definition) is 1.